The quantitative estimate of drug-likeness (QED) is 0.114. The molecule has 1 N–H and O–H groups in total. The molecule has 2 atom stereocenters. The Morgan fingerprint density at radius 2 is 1.24 bits per heavy atom. The molecule has 1 heterocycles. The molecule has 0 spiro atoms. The second-order valence-electron chi connectivity index (χ2n) is 11.7. The minimum absolute atomic E-state index is 0.0125. The van der Waals surface area contributed by atoms with Gasteiger partial charge in [-0.05, 0) is 36.8 Å². The number of hydrogen-bond acceptors (Lipinski definition) is 0. The zero-order chi connectivity index (χ0) is 26.9. The van der Waals surface area contributed by atoms with Gasteiger partial charge in [-0.15, -0.1) is 0 Å². The van der Waals surface area contributed by atoms with Crippen LogP contribution in [0.2, 0.25) is 0 Å². The van der Waals surface area contributed by atoms with Crippen molar-refractivity contribution in [3.63, 3.8) is 0 Å². The molecule has 1 aromatic heterocycles. The average molecular weight is 516 g/mol. The van der Waals surface area contributed by atoms with Gasteiger partial charge in [0.05, 0.1) is 12.5 Å². The van der Waals surface area contributed by atoms with Gasteiger partial charge in [-0.3, -0.25) is 0 Å². The fourth-order valence-corrected chi connectivity index (χ4v) is 6.26. The van der Waals surface area contributed by atoms with Gasteiger partial charge < -0.3 is 0 Å². The van der Waals surface area contributed by atoms with Crippen LogP contribution in [0.25, 0.3) is 0 Å². The van der Waals surface area contributed by atoms with E-state index in [9.17, 15) is 0 Å². The van der Waals surface area contributed by atoms with Gasteiger partial charge in [0.15, 0.2) is 0 Å². The minimum atomic E-state index is 0.0125. The van der Waals surface area contributed by atoms with Crippen LogP contribution >= 0.6 is 0 Å². The van der Waals surface area contributed by atoms with Crippen molar-refractivity contribution >= 4 is 0 Å². The number of unbranched alkanes of at least 4 members (excludes halogenated alkanes) is 11. The summed E-state index contributed by atoms with van der Waals surface area (Å²) in [6.45, 7) is 8.25. The lowest BCUT2D eigenvalue weighted by Gasteiger charge is -2.37. The van der Waals surface area contributed by atoms with Crippen molar-refractivity contribution in [2.45, 2.75) is 135 Å². The minimum Gasteiger partial charge on any atom is -0.247 e. The molecule has 0 amide bonds. The molecule has 3 aromatic rings. The Morgan fingerprint density at radius 3 is 1.87 bits per heavy atom. The van der Waals surface area contributed by atoms with E-state index in [1.54, 1.807) is 0 Å². The number of imidazole rings is 1. The summed E-state index contributed by atoms with van der Waals surface area (Å²) >= 11 is 0. The maximum absolute atomic E-state index is 3.76. The summed E-state index contributed by atoms with van der Waals surface area (Å²) in [4.78, 5) is 3.76. The predicted molar refractivity (Wildman–Crippen MR) is 164 cm³/mol. The first kappa shape index (κ1) is 30.2. The Kier molecular flexibility index (Phi) is 13.7. The standard InChI is InChI=1S/C36H54N2/c1-4-6-8-10-12-13-21-27-34(35-37-28-30-38(35)29-22-14-11-9-7-5-2)36(3,33-25-19-16-20-26-33)31-32-23-17-15-18-24-32/h15-20,23-26,28,30,34H,4-14,21-22,27,29,31H2,1-3H3/p+1. The van der Waals surface area contributed by atoms with Crippen molar-refractivity contribution in [1.29, 1.82) is 0 Å². The zero-order valence-corrected chi connectivity index (χ0v) is 24.8. The smallest absolute Gasteiger partial charge is 0.247 e. The van der Waals surface area contributed by atoms with E-state index in [1.807, 2.05) is 0 Å². The van der Waals surface area contributed by atoms with Gasteiger partial charge in [-0.2, -0.15) is 0 Å². The van der Waals surface area contributed by atoms with Crippen LogP contribution in [0.5, 0.6) is 0 Å². The summed E-state index contributed by atoms with van der Waals surface area (Å²) in [5.74, 6) is 1.86. The highest BCUT2D eigenvalue weighted by Gasteiger charge is 2.41. The van der Waals surface area contributed by atoms with Crippen molar-refractivity contribution < 1.29 is 4.57 Å². The van der Waals surface area contributed by atoms with Gasteiger partial charge in [-0.25, -0.2) is 9.55 Å². The third-order valence-corrected chi connectivity index (χ3v) is 8.59. The van der Waals surface area contributed by atoms with Crippen LogP contribution in [0.15, 0.2) is 73.1 Å². The number of benzene rings is 2. The molecular weight excluding hydrogens is 460 g/mol. The van der Waals surface area contributed by atoms with E-state index < -0.39 is 0 Å². The largest absolute Gasteiger partial charge is 0.258 e. The number of hydrogen-bond donors (Lipinski definition) is 1. The molecule has 0 fully saturated rings. The predicted octanol–water partition coefficient (Wildman–Crippen LogP) is 10.1. The number of aromatic nitrogens is 2. The van der Waals surface area contributed by atoms with Gasteiger partial charge in [0, 0.05) is 5.41 Å². The van der Waals surface area contributed by atoms with Crippen LogP contribution in [-0.4, -0.2) is 4.98 Å². The van der Waals surface area contributed by atoms with Gasteiger partial charge >= 0.3 is 0 Å². The van der Waals surface area contributed by atoms with Gasteiger partial charge in [-0.1, -0.05) is 152 Å². The van der Waals surface area contributed by atoms with Crippen molar-refractivity contribution in [3.05, 3.63) is 90.0 Å². The van der Waals surface area contributed by atoms with E-state index in [2.05, 4.69) is 103 Å². The molecule has 208 valence electrons. The van der Waals surface area contributed by atoms with E-state index in [-0.39, 0.29) is 5.41 Å². The lowest BCUT2D eigenvalue weighted by molar-refractivity contribution is -0.705. The van der Waals surface area contributed by atoms with E-state index >= 15 is 0 Å². The van der Waals surface area contributed by atoms with Crippen LogP contribution in [-0.2, 0) is 18.4 Å². The maximum Gasteiger partial charge on any atom is 0.258 e. The summed E-state index contributed by atoms with van der Waals surface area (Å²) < 4.78 is 2.55. The number of H-pyrrole nitrogens is 1. The summed E-state index contributed by atoms with van der Waals surface area (Å²) in [5, 5.41) is 0. The molecule has 0 aliphatic rings. The number of aryl methyl sites for hydroxylation is 1. The zero-order valence-electron chi connectivity index (χ0n) is 24.8. The molecule has 0 bridgehead atoms. The lowest BCUT2D eigenvalue weighted by atomic mass is 9.66. The second kappa shape index (κ2) is 17.3. The topological polar surface area (TPSA) is 19.7 Å². The first-order chi connectivity index (χ1) is 18.7. The van der Waals surface area contributed by atoms with Crippen LogP contribution in [0.3, 0.4) is 0 Å². The van der Waals surface area contributed by atoms with E-state index in [4.69, 9.17) is 0 Å². The maximum atomic E-state index is 3.76. The molecule has 2 nitrogen and oxygen atoms in total. The van der Waals surface area contributed by atoms with Crippen LogP contribution in [0, 0.1) is 0 Å². The molecule has 0 radical (unpaired) electrons. The first-order valence-electron chi connectivity index (χ1n) is 15.8. The van der Waals surface area contributed by atoms with E-state index in [1.165, 1.54) is 107 Å². The third-order valence-electron chi connectivity index (χ3n) is 8.59. The fourth-order valence-electron chi connectivity index (χ4n) is 6.26. The van der Waals surface area contributed by atoms with Gasteiger partial charge in [0.25, 0.3) is 5.82 Å². The number of nitrogens with zero attached hydrogens (tertiary/aromatic N) is 1. The highest BCUT2D eigenvalue weighted by atomic mass is 15.1. The van der Waals surface area contributed by atoms with E-state index in [0.717, 1.165) is 13.0 Å². The molecule has 0 saturated carbocycles. The van der Waals surface area contributed by atoms with Crippen molar-refractivity contribution in [2.75, 3.05) is 0 Å². The highest BCUT2D eigenvalue weighted by molar-refractivity contribution is 5.32. The van der Waals surface area contributed by atoms with Crippen LogP contribution in [0.1, 0.15) is 134 Å². The Morgan fingerprint density at radius 1 is 0.684 bits per heavy atom. The molecule has 3 rings (SSSR count). The highest BCUT2D eigenvalue weighted by Crippen LogP contribution is 2.43. The summed E-state index contributed by atoms with van der Waals surface area (Å²) in [5.41, 5.74) is 2.90. The molecular formula is C36H55N2+. The Hall–Kier alpha value is -2.35. The van der Waals surface area contributed by atoms with Crippen LogP contribution in [0.4, 0.5) is 0 Å². The average Bonchev–Trinajstić information content (AvgIpc) is 3.41. The molecule has 0 aliphatic carbocycles. The molecule has 2 unspecified atom stereocenters. The van der Waals surface area contributed by atoms with Crippen molar-refractivity contribution in [3.8, 4) is 0 Å². The van der Waals surface area contributed by atoms with Gasteiger partial charge in [0.2, 0.25) is 0 Å². The Bertz CT molecular complexity index is 977. The normalized spacial score (nSPS) is 13.9. The fraction of sp³-hybridized carbons (Fsp3) is 0.583. The molecule has 0 saturated heterocycles. The van der Waals surface area contributed by atoms with Gasteiger partial charge in [0.1, 0.15) is 12.4 Å². The molecule has 38 heavy (non-hydrogen) atoms. The Labute approximate surface area is 234 Å². The van der Waals surface area contributed by atoms with Crippen molar-refractivity contribution in [1.82, 2.24) is 4.98 Å². The van der Waals surface area contributed by atoms with Crippen LogP contribution < -0.4 is 4.57 Å². The SMILES string of the molecule is CCCCCCCCCC(c1[nH]cc[n+]1CCCCCCCC)C(C)(Cc1ccccc1)c1ccccc1. The number of nitrogens with one attached hydrogen (secondary N) is 1. The monoisotopic (exact) mass is 515 g/mol. The summed E-state index contributed by atoms with van der Waals surface area (Å²) in [6, 6.07) is 22.5. The number of aromatic amines is 1. The summed E-state index contributed by atoms with van der Waals surface area (Å²) in [7, 11) is 0. The third kappa shape index (κ3) is 9.44. The first-order valence-corrected chi connectivity index (χ1v) is 15.8. The lowest BCUT2D eigenvalue weighted by Crippen LogP contribution is -2.43. The van der Waals surface area contributed by atoms with E-state index in [0.29, 0.717) is 5.92 Å². The molecule has 0 aliphatic heterocycles. The Balaban J connectivity index is 1.83. The molecule has 2 aromatic carbocycles. The second-order valence-corrected chi connectivity index (χ2v) is 11.7. The summed E-state index contributed by atoms with van der Waals surface area (Å²) in [6.07, 6.45) is 24.3. The number of rotatable bonds is 20. The van der Waals surface area contributed by atoms with Crippen molar-refractivity contribution in [2.24, 2.45) is 0 Å². The molecule has 2 heteroatoms.